The van der Waals surface area contributed by atoms with Gasteiger partial charge in [0.25, 0.3) is 0 Å². The van der Waals surface area contributed by atoms with E-state index < -0.39 is 0 Å². The van der Waals surface area contributed by atoms with Gasteiger partial charge in [0.15, 0.2) is 0 Å². The van der Waals surface area contributed by atoms with Crippen molar-refractivity contribution in [1.29, 1.82) is 0 Å². The minimum atomic E-state index is -0.0408. The highest BCUT2D eigenvalue weighted by molar-refractivity contribution is 5.81. The van der Waals surface area contributed by atoms with Gasteiger partial charge in [0.05, 0.1) is 19.7 Å². The van der Waals surface area contributed by atoms with E-state index in [1.54, 1.807) is 7.11 Å². The summed E-state index contributed by atoms with van der Waals surface area (Å²) in [5.74, 6) is 0.769. The molecule has 1 amide bonds. The third kappa shape index (κ3) is 4.53. The van der Waals surface area contributed by atoms with E-state index in [0.29, 0.717) is 0 Å². The van der Waals surface area contributed by atoms with Crippen LogP contribution < -0.4 is 15.4 Å². The van der Waals surface area contributed by atoms with Crippen LogP contribution in [-0.4, -0.2) is 19.6 Å². The largest absolute Gasteiger partial charge is 0.497 e. The Labute approximate surface area is 125 Å². The zero-order valence-electron chi connectivity index (χ0n) is 12.3. The summed E-state index contributed by atoms with van der Waals surface area (Å²) in [4.78, 5) is 11.9. The van der Waals surface area contributed by atoms with Crippen LogP contribution in [0.4, 0.5) is 5.69 Å². The molecule has 0 spiro atoms. The molecule has 21 heavy (non-hydrogen) atoms. The fourth-order valence-electron chi connectivity index (χ4n) is 2.01. The van der Waals surface area contributed by atoms with Gasteiger partial charge in [-0.05, 0) is 36.8 Å². The molecule has 2 rings (SSSR count). The number of carbonyl (C=O) groups is 1. The summed E-state index contributed by atoms with van der Waals surface area (Å²) in [6.07, 6.45) is 0. The number of ether oxygens (including phenoxy) is 1. The van der Waals surface area contributed by atoms with Crippen LogP contribution >= 0.6 is 0 Å². The van der Waals surface area contributed by atoms with Crippen molar-refractivity contribution >= 4 is 11.6 Å². The van der Waals surface area contributed by atoms with Crippen molar-refractivity contribution in [2.24, 2.45) is 0 Å². The maximum absolute atomic E-state index is 11.9. The Kier molecular flexibility index (Phi) is 5.21. The molecule has 0 aliphatic carbocycles. The molecule has 0 saturated heterocycles. The summed E-state index contributed by atoms with van der Waals surface area (Å²) in [5, 5.41) is 6.05. The molecule has 0 aliphatic heterocycles. The van der Waals surface area contributed by atoms with Crippen molar-refractivity contribution in [1.82, 2.24) is 5.32 Å². The number of carbonyl (C=O) groups excluding carboxylic acids is 1. The molecule has 4 heteroatoms. The number of nitrogens with one attached hydrogen (secondary N) is 2. The lowest BCUT2D eigenvalue weighted by molar-refractivity contribution is -0.120. The van der Waals surface area contributed by atoms with Crippen molar-refractivity contribution in [2.75, 3.05) is 19.0 Å². The van der Waals surface area contributed by atoms with Gasteiger partial charge >= 0.3 is 0 Å². The molecule has 0 aromatic heterocycles. The van der Waals surface area contributed by atoms with Crippen LogP contribution in [0.5, 0.6) is 5.75 Å². The maximum atomic E-state index is 11.9. The van der Waals surface area contributed by atoms with Gasteiger partial charge in [0, 0.05) is 5.69 Å². The lowest BCUT2D eigenvalue weighted by atomic mass is 10.1. The van der Waals surface area contributed by atoms with Gasteiger partial charge in [0.2, 0.25) is 5.91 Å². The Morgan fingerprint density at radius 1 is 1.10 bits per heavy atom. The number of hydrogen-bond acceptors (Lipinski definition) is 3. The van der Waals surface area contributed by atoms with Crippen LogP contribution in [0, 0.1) is 0 Å². The van der Waals surface area contributed by atoms with Gasteiger partial charge in [-0.1, -0.05) is 30.3 Å². The summed E-state index contributed by atoms with van der Waals surface area (Å²) in [5.41, 5.74) is 1.98. The van der Waals surface area contributed by atoms with Crippen molar-refractivity contribution in [3.63, 3.8) is 0 Å². The van der Waals surface area contributed by atoms with Crippen molar-refractivity contribution in [3.8, 4) is 5.75 Å². The molecule has 4 nitrogen and oxygen atoms in total. The van der Waals surface area contributed by atoms with E-state index in [2.05, 4.69) is 10.6 Å². The molecule has 1 unspecified atom stereocenters. The van der Waals surface area contributed by atoms with Gasteiger partial charge < -0.3 is 15.4 Å². The van der Waals surface area contributed by atoms with E-state index in [1.165, 1.54) is 0 Å². The zero-order chi connectivity index (χ0) is 15.1. The third-order valence-electron chi connectivity index (χ3n) is 3.22. The van der Waals surface area contributed by atoms with Gasteiger partial charge in [-0.2, -0.15) is 0 Å². The molecule has 0 heterocycles. The molecule has 110 valence electrons. The highest BCUT2D eigenvalue weighted by atomic mass is 16.5. The molecular formula is C17H20N2O2. The molecule has 2 aromatic rings. The van der Waals surface area contributed by atoms with Crippen LogP contribution in [0.2, 0.25) is 0 Å². The van der Waals surface area contributed by atoms with Gasteiger partial charge in [-0.15, -0.1) is 0 Å². The average Bonchev–Trinajstić information content (AvgIpc) is 2.54. The van der Waals surface area contributed by atoms with Crippen LogP contribution in [0.1, 0.15) is 18.5 Å². The highest BCUT2D eigenvalue weighted by Gasteiger charge is 2.09. The Bertz CT molecular complexity index is 567. The van der Waals surface area contributed by atoms with Crippen LogP contribution in [0.3, 0.4) is 0 Å². The standard InChI is InChI=1S/C17H20N2O2/c1-13(14-8-10-16(21-2)11-9-14)19-17(20)12-18-15-6-4-3-5-7-15/h3-11,13,18H,12H2,1-2H3,(H,19,20). The van der Waals surface area contributed by atoms with E-state index >= 15 is 0 Å². The molecule has 2 aromatic carbocycles. The van der Waals surface area contributed by atoms with Crippen molar-refractivity contribution < 1.29 is 9.53 Å². The maximum Gasteiger partial charge on any atom is 0.239 e. The fourth-order valence-corrected chi connectivity index (χ4v) is 2.01. The quantitative estimate of drug-likeness (QED) is 0.857. The average molecular weight is 284 g/mol. The highest BCUT2D eigenvalue weighted by Crippen LogP contribution is 2.17. The van der Waals surface area contributed by atoms with Gasteiger partial charge in [0.1, 0.15) is 5.75 Å². The minimum Gasteiger partial charge on any atom is -0.497 e. The first-order valence-electron chi connectivity index (χ1n) is 6.91. The lowest BCUT2D eigenvalue weighted by Crippen LogP contribution is -2.32. The normalized spacial score (nSPS) is 11.5. The van der Waals surface area contributed by atoms with Crippen molar-refractivity contribution in [2.45, 2.75) is 13.0 Å². The van der Waals surface area contributed by atoms with Crippen molar-refractivity contribution in [3.05, 3.63) is 60.2 Å². The Morgan fingerprint density at radius 2 is 1.76 bits per heavy atom. The summed E-state index contributed by atoms with van der Waals surface area (Å²) >= 11 is 0. The molecule has 0 saturated carbocycles. The summed E-state index contributed by atoms with van der Waals surface area (Å²) in [6.45, 7) is 2.22. The molecule has 0 bridgehead atoms. The number of anilines is 1. The molecule has 1 atom stereocenters. The van der Waals surface area contributed by atoms with E-state index in [1.807, 2.05) is 61.5 Å². The van der Waals surface area contributed by atoms with E-state index in [-0.39, 0.29) is 18.5 Å². The number of hydrogen-bond donors (Lipinski definition) is 2. The predicted octanol–water partition coefficient (Wildman–Crippen LogP) is 2.98. The second kappa shape index (κ2) is 7.33. The Balaban J connectivity index is 1.83. The van der Waals surface area contributed by atoms with Crippen LogP contribution in [0.25, 0.3) is 0 Å². The van der Waals surface area contributed by atoms with E-state index in [9.17, 15) is 4.79 Å². The first-order valence-corrected chi connectivity index (χ1v) is 6.91. The second-order valence-electron chi connectivity index (χ2n) is 4.78. The van der Waals surface area contributed by atoms with E-state index in [0.717, 1.165) is 17.0 Å². The van der Waals surface area contributed by atoms with Gasteiger partial charge in [-0.3, -0.25) is 4.79 Å². The summed E-state index contributed by atoms with van der Waals surface area (Å²) in [7, 11) is 1.63. The first-order chi connectivity index (χ1) is 10.2. The first kappa shape index (κ1) is 14.9. The van der Waals surface area contributed by atoms with E-state index in [4.69, 9.17) is 4.74 Å². The monoisotopic (exact) mass is 284 g/mol. The lowest BCUT2D eigenvalue weighted by Gasteiger charge is -2.15. The molecule has 0 radical (unpaired) electrons. The number of benzene rings is 2. The molecule has 2 N–H and O–H groups in total. The Morgan fingerprint density at radius 3 is 2.38 bits per heavy atom. The van der Waals surface area contributed by atoms with Crippen LogP contribution in [0.15, 0.2) is 54.6 Å². The fraction of sp³-hybridized carbons (Fsp3) is 0.235. The number of rotatable bonds is 6. The number of para-hydroxylation sites is 1. The zero-order valence-corrected chi connectivity index (χ0v) is 12.3. The number of amides is 1. The topological polar surface area (TPSA) is 50.4 Å². The second-order valence-corrected chi connectivity index (χ2v) is 4.78. The SMILES string of the molecule is COc1ccc(C(C)NC(=O)CNc2ccccc2)cc1. The van der Waals surface area contributed by atoms with Crippen LogP contribution in [-0.2, 0) is 4.79 Å². The smallest absolute Gasteiger partial charge is 0.239 e. The third-order valence-corrected chi connectivity index (χ3v) is 3.22. The van der Waals surface area contributed by atoms with Gasteiger partial charge in [-0.25, -0.2) is 0 Å². The molecular weight excluding hydrogens is 264 g/mol. The molecule has 0 fully saturated rings. The predicted molar refractivity (Wildman–Crippen MR) is 84.5 cm³/mol. The molecule has 0 aliphatic rings. The minimum absolute atomic E-state index is 0.0397. The number of methoxy groups -OCH3 is 1. The summed E-state index contributed by atoms with van der Waals surface area (Å²) in [6, 6.07) is 17.3. The summed E-state index contributed by atoms with van der Waals surface area (Å²) < 4.78 is 5.12. The Hall–Kier alpha value is -2.49.